The van der Waals surface area contributed by atoms with Crippen LogP contribution in [0.15, 0.2) is 12.4 Å². The van der Waals surface area contributed by atoms with Gasteiger partial charge in [-0.3, -0.25) is 10.3 Å². The Morgan fingerprint density at radius 3 is 2.73 bits per heavy atom. The summed E-state index contributed by atoms with van der Waals surface area (Å²) in [6.07, 6.45) is 8.00. The summed E-state index contributed by atoms with van der Waals surface area (Å²) < 4.78 is 6.44. The van der Waals surface area contributed by atoms with Gasteiger partial charge in [0.15, 0.2) is 0 Å². The normalized spacial score (nSPS) is 36.2. The van der Waals surface area contributed by atoms with Crippen LogP contribution in [-0.2, 0) is 4.74 Å². The summed E-state index contributed by atoms with van der Waals surface area (Å²) in [5.41, 5.74) is 8.36. The van der Waals surface area contributed by atoms with E-state index in [1.807, 2.05) is 0 Å². The van der Waals surface area contributed by atoms with Crippen molar-refractivity contribution in [2.24, 2.45) is 5.92 Å². The predicted octanol–water partition coefficient (Wildman–Crippen LogP) is 2.65. The van der Waals surface area contributed by atoms with Crippen LogP contribution >= 0.6 is 0 Å². The lowest BCUT2D eigenvalue weighted by molar-refractivity contribution is -0.0500. The highest BCUT2D eigenvalue weighted by molar-refractivity contribution is 5.41. The predicted molar refractivity (Wildman–Crippen MR) is 118 cm³/mol. The van der Waals surface area contributed by atoms with E-state index in [2.05, 4.69) is 64.4 Å². The number of rotatable bonds is 5. The Kier molecular flexibility index (Phi) is 5.50. The van der Waals surface area contributed by atoms with Crippen molar-refractivity contribution in [2.75, 3.05) is 24.5 Å². The van der Waals surface area contributed by atoms with Crippen LogP contribution in [0.5, 0.6) is 0 Å². The topological polar surface area (TPSA) is 65.5 Å². The molecule has 2 N–H and O–H groups in total. The summed E-state index contributed by atoms with van der Waals surface area (Å²) >= 11 is 0. The fourth-order valence-electron chi connectivity index (χ4n) is 5.76. The zero-order valence-corrected chi connectivity index (χ0v) is 19.0. The van der Waals surface area contributed by atoms with Crippen molar-refractivity contribution in [3.63, 3.8) is 0 Å². The molecule has 5 atom stereocenters. The molecule has 4 aliphatic rings. The maximum absolute atomic E-state index is 6.44. The number of nitrogens with zero attached hydrogens (tertiary/aromatic N) is 4. The first-order valence-electron chi connectivity index (χ1n) is 11.9. The van der Waals surface area contributed by atoms with Crippen molar-refractivity contribution in [2.45, 2.75) is 95.7 Å². The molecule has 2 saturated carbocycles. The van der Waals surface area contributed by atoms with Crippen molar-refractivity contribution < 1.29 is 4.74 Å². The summed E-state index contributed by atoms with van der Waals surface area (Å²) in [6.45, 7) is 12.3. The van der Waals surface area contributed by atoms with E-state index in [9.17, 15) is 0 Å². The van der Waals surface area contributed by atoms with Gasteiger partial charge in [-0.1, -0.05) is 0 Å². The molecule has 4 fully saturated rings. The van der Waals surface area contributed by atoms with Gasteiger partial charge in [0.05, 0.1) is 23.4 Å². The number of aromatic nitrogens is 2. The minimum absolute atomic E-state index is 0.156. The Hall–Kier alpha value is -1.28. The Labute approximate surface area is 180 Å². The van der Waals surface area contributed by atoms with Crippen molar-refractivity contribution in [1.82, 2.24) is 25.7 Å². The van der Waals surface area contributed by atoms with Gasteiger partial charge >= 0.3 is 0 Å². The number of nitrogens with one attached hydrogen (secondary N) is 2. The summed E-state index contributed by atoms with van der Waals surface area (Å²) in [5, 5.41) is 0. The van der Waals surface area contributed by atoms with Crippen LogP contribution in [0.3, 0.4) is 0 Å². The number of anilines is 1. The lowest BCUT2D eigenvalue weighted by Crippen LogP contribution is -2.54. The van der Waals surface area contributed by atoms with Gasteiger partial charge in [-0.25, -0.2) is 15.4 Å². The van der Waals surface area contributed by atoms with Crippen molar-refractivity contribution in [1.29, 1.82) is 0 Å². The van der Waals surface area contributed by atoms with Crippen LogP contribution in [-0.4, -0.2) is 64.3 Å². The molecule has 1 aromatic rings. The fourth-order valence-corrected chi connectivity index (χ4v) is 5.76. The van der Waals surface area contributed by atoms with E-state index < -0.39 is 0 Å². The quantitative estimate of drug-likeness (QED) is 0.768. The number of ether oxygens (including phenoxy) is 1. The average Bonchev–Trinajstić information content (AvgIpc) is 3.30. The largest absolute Gasteiger partial charge is 0.372 e. The maximum Gasteiger partial charge on any atom is 0.132 e. The van der Waals surface area contributed by atoms with Crippen LogP contribution in [0.4, 0.5) is 5.82 Å². The van der Waals surface area contributed by atoms with Gasteiger partial charge in [-0.2, -0.15) is 0 Å². The first kappa shape index (κ1) is 20.6. The Bertz CT molecular complexity index is 753. The number of hydrazine groups is 1. The molecule has 166 valence electrons. The Morgan fingerprint density at radius 1 is 1.17 bits per heavy atom. The van der Waals surface area contributed by atoms with Gasteiger partial charge in [-0.05, 0) is 59.8 Å². The Morgan fingerprint density at radius 2 is 2.00 bits per heavy atom. The highest BCUT2D eigenvalue weighted by Crippen LogP contribution is 2.45. The van der Waals surface area contributed by atoms with Crippen LogP contribution in [0.2, 0.25) is 0 Å². The molecule has 1 aromatic heterocycles. The Balaban J connectivity index is 1.28. The molecule has 2 aliphatic carbocycles. The van der Waals surface area contributed by atoms with Gasteiger partial charge < -0.3 is 9.64 Å². The van der Waals surface area contributed by atoms with E-state index in [1.165, 1.54) is 19.3 Å². The van der Waals surface area contributed by atoms with E-state index in [-0.39, 0.29) is 11.6 Å². The minimum atomic E-state index is 0.156. The smallest absolute Gasteiger partial charge is 0.132 e. The first-order chi connectivity index (χ1) is 14.4. The van der Waals surface area contributed by atoms with Gasteiger partial charge in [-0.15, -0.1) is 0 Å². The fraction of sp³-hybridized carbons (Fsp3) is 0.826. The third-order valence-corrected chi connectivity index (χ3v) is 7.77. The molecule has 0 bridgehead atoms. The molecule has 30 heavy (non-hydrogen) atoms. The molecular formula is C23H38N6O. The number of piperazine rings is 1. The second-order valence-electron chi connectivity index (χ2n) is 10.5. The summed E-state index contributed by atoms with van der Waals surface area (Å²) in [7, 11) is 0. The zero-order chi connectivity index (χ0) is 20.9. The van der Waals surface area contributed by atoms with Crippen molar-refractivity contribution >= 4 is 5.82 Å². The molecule has 0 radical (unpaired) electrons. The van der Waals surface area contributed by atoms with E-state index >= 15 is 0 Å². The first-order valence-corrected chi connectivity index (χ1v) is 11.9. The lowest BCUT2D eigenvalue weighted by Gasteiger charge is -2.42. The second-order valence-corrected chi connectivity index (χ2v) is 10.5. The maximum atomic E-state index is 6.44. The highest BCUT2D eigenvalue weighted by atomic mass is 16.5. The molecule has 0 spiro atoms. The molecule has 7 heteroatoms. The molecule has 2 aliphatic heterocycles. The summed E-state index contributed by atoms with van der Waals surface area (Å²) in [6, 6.07) is 4.08. The van der Waals surface area contributed by atoms with Crippen LogP contribution in [0.25, 0.3) is 0 Å². The zero-order valence-electron chi connectivity index (χ0n) is 19.0. The molecule has 4 unspecified atom stereocenters. The third-order valence-electron chi connectivity index (χ3n) is 7.77. The van der Waals surface area contributed by atoms with Crippen LogP contribution < -0.4 is 15.8 Å². The molecule has 5 rings (SSSR count). The molecule has 3 heterocycles. The van der Waals surface area contributed by atoms with Crippen molar-refractivity contribution in [3.05, 3.63) is 18.1 Å². The van der Waals surface area contributed by atoms with Gasteiger partial charge in [0.25, 0.3) is 0 Å². The van der Waals surface area contributed by atoms with E-state index in [4.69, 9.17) is 4.74 Å². The molecule has 0 amide bonds. The monoisotopic (exact) mass is 414 g/mol. The standard InChI is InChI=1S/C23H38N6O/c1-15(2)29-10-9-28(13-16(29)3)21-12-20(24-14-25-21)22-18-11-17(30-23(4)7-8-23)5-6-19(18)26-27-22/h12,14-19,22,26-27H,5-11,13H2,1-4H3/t16-,17?,18?,19?,22?/m0/s1. The summed E-state index contributed by atoms with van der Waals surface area (Å²) in [5.74, 6) is 1.58. The molecule has 0 aromatic carbocycles. The lowest BCUT2D eigenvalue weighted by atomic mass is 9.79. The third kappa shape index (κ3) is 4.09. The number of hydrogen-bond donors (Lipinski definition) is 2. The highest BCUT2D eigenvalue weighted by Gasteiger charge is 2.46. The van der Waals surface area contributed by atoms with Gasteiger partial charge in [0.2, 0.25) is 0 Å². The second kappa shape index (κ2) is 8.01. The number of hydrogen-bond acceptors (Lipinski definition) is 7. The van der Waals surface area contributed by atoms with Gasteiger partial charge in [0, 0.05) is 49.7 Å². The van der Waals surface area contributed by atoms with Crippen LogP contribution in [0.1, 0.15) is 71.5 Å². The molecule has 7 nitrogen and oxygen atoms in total. The van der Waals surface area contributed by atoms with E-state index in [1.54, 1.807) is 6.33 Å². The summed E-state index contributed by atoms with van der Waals surface area (Å²) in [4.78, 5) is 14.3. The minimum Gasteiger partial charge on any atom is -0.372 e. The van der Waals surface area contributed by atoms with E-state index in [0.29, 0.717) is 30.1 Å². The molecular weight excluding hydrogens is 376 g/mol. The number of fused-ring (bicyclic) bond motifs is 1. The van der Waals surface area contributed by atoms with Crippen molar-refractivity contribution in [3.8, 4) is 0 Å². The molecule has 2 saturated heterocycles. The van der Waals surface area contributed by atoms with Crippen LogP contribution in [0, 0.1) is 5.92 Å². The average molecular weight is 415 g/mol. The van der Waals surface area contributed by atoms with Gasteiger partial charge in [0.1, 0.15) is 12.1 Å². The van der Waals surface area contributed by atoms with E-state index in [0.717, 1.165) is 44.0 Å². The SMILES string of the molecule is CC(C)N1CCN(c2cc(C3NNC4CCC(OC5(C)CC5)CC43)ncn2)C[C@@H]1C.